The number of fused-ring (bicyclic) bond motifs is 7. The van der Waals surface area contributed by atoms with E-state index in [1.165, 1.54) is 31.3 Å². The maximum atomic E-state index is 14.1. The van der Waals surface area contributed by atoms with Crippen molar-refractivity contribution in [3.63, 3.8) is 0 Å². The molecule has 0 aromatic rings. The van der Waals surface area contributed by atoms with Crippen molar-refractivity contribution in [2.24, 2.45) is 62.1 Å². The molecule has 6 aliphatic rings. The normalized spacial score (nSPS) is 45.4. The number of carbonyl (C=O) groups excluding carboxylic acids is 2. The Labute approximate surface area is 303 Å². The van der Waals surface area contributed by atoms with E-state index >= 15 is 0 Å². The Morgan fingerprint density at radius 1 is 0.860 bits per heavy atom. The highest BCUT2D eigenvalue weighted by Crippen LogP contribution is 2.78. The van der Waals surface area contributed by atoms with Crippen LogP contribution in [0.15, 0.2) is 12.2 Å². The summed E-state index contributed by atoms with van der Waals surface area (Å²) in [6, 6.07) is 0. The molecule has 50 heavy (non-hydrogen) atoms. The van der Waals surface area contributed by atoms with Crippen LogP contribution in [0.2, 0.25) is 0 Å². The fraction of sp³-hybridized carbons (Fsp3) is 0.884. The second-order valence-electron chi connectivity index (χ2n) is 20.5. The number of hydrogen-bond donors (Lipinski definition) is 1. The summed E-state index contributed by atoms with van der Waals surface area (Å²) in [5.74, 6) is 1.56. The number of carbonyl (C=O) groups is 3. The number of carboxylic acids is 1. The lowest BCUT2D eigenvalue weighted by Gasteiger charge is -2.73. The third-order valence-corrected chi connectivity index (χ3v) is 16.9. The van der Waals surface area contributed by atoms with E-state index in [1.807, 2.05) is 0 Å². The molecule has 1 saturated heterocycles. The Kier molecular flexibility index (Phi) is 9.55. The summed E-state index contributed by atoms with van der Waals surface area (Å²) >= 11 is 0. The molecule has 0 bridgehead atoms. The summed E-state index contributed by atoms with van der Waals surface area (Å²) in [6.45, 7) is 28.1. The van der Waals surface area contributed by atoms with E-state index in [1.54, 1.807) is 13.8 Å². The molecule has 0 aromatic carbocycles. The van der Waals surface area contributed by atoms with Gasteiger partial charge in [0.2, 0.25) is 5.91 Å². The van der Waals surface area contributed by atoms with Crippen LogP contribution in [0.25, 0.3) is 0 Å². The second kappa shape index (κ2) is 12.6. The lowest BCUT2D eigenvalue weighted by Crippen LogP contribution is -2.67. The van der Waals surface area contributed by atoms with Gasteiger partial charge in [-0.2, -0.15) is 0 Å². The molecule has 0 aromatic heterocycles. The number of carboxylic acid groups (broad SMARTS) is 1. The molecular formula is C43H69NO6. The first-order valence-electron chi connectivity index (χ1n) is 20.1. The highest BCUT2D eigenvalue weighted by molar-refractivity contribution is 5.81. The van der Waals surface area contributed by atoms with Gasteiger partial charge in [0.15, 0.2) is 0 Å². The number of aliphatic carboxylic acids is 1. The topological polar surface area (TPSA) is 93.1 Å². The molecule has 6 rings (SSSR count). The largest absolute Gasteiger partial charge is 0.481 e. The van der Waals surface area contributed by atoms with Crippen molar-refractivity contribution in [3.05, 3.63) is 12.2 Å². The first kappa shape index (κ1) is 37.9. The van der Waals surface area contributed by atoms with E-state index in [2.05, 4.69) is 66.9 Å². The van der Waals surface area contributed by atoms with Crippen molar-refractivity contribution in [2.45, 2.75) is 165 Å². The average Bonchev–Trinajstić information content (AvgIpc) is 3.38. The molecule has 7 heteroatoms. The molecule has 1 heterocycles. The van der Waals surface area contributed by atoms with Gasteiger partial charge >= 0.3 is 11.9 Å². The molecule has 2 unspecified atom stereocenters. The number of rotatable bonds is 7. The minimum atomic E-state index is -1.14. The number of nitrogens with zero attached hydrogens (tertiary/aromatic N) is 1. The molecule has 1 aliphatic heterocycles. The molecule has 1 amide bonds. The lowest BCUT2D eigenvalue weighted by molar-refractivity contribution is -0.250. The lowest BCUT2D eigenvalue weighted by atomic mass is 9.32. The van der Waals surface area contributed by atoms with Gasteiger partial charge in [0, 0.05) is 24.9 Å². The van der Waals surface area contributed by atoms with Gasteiger partial charge in [-0.25, -0.2) is 0 Å². The number of allylic oxidation sites excluding steroid dienone is 1. The number of amides is 1. The Balaban J connectivity index is 1.25. The van der Waals surface area contributed by atoms with Gasteiger partial charge in [-0.05, 0) is 150 Å². The van der Waals surface area contributed by atoms with E-state index in [4.69, 9.17) is 9.47 Å². The number of hydrogen-bond acceptors (Lipinski definition) is 5. The van der Waals surface area contributed by atoms with E-state index in [0.717, 1.165) is 38.5 Å². The minimum Gasteiger partial charge on any atom is -0.481 e. The van der Waals surface area contributed by atoms with Gasteiger partial charge in [-0.15, -0.1) is 0 Å². The van der Waals surface area contributed by atoms with Crippen LogP contribution >= 0.6 is 0 Å². The maximum Gasteiger partial charge on any atom is 0.309 e. The summed E-state index contributed by atoms with van der Waals surface area (Å²) in [7, 11) is 0. The Morgan fingerprint density at radius 2 is 1.52 bits per heavy atom. The molecule has 12 atom stereocenters. The number of ether oxygens (including phenoxy) is 2. The summed E-state index contributed by atoms with van der Waals surface area (Å²) in [5, 5.41) is 9.61. The third kappa shape index (κ3) is 5.81. The van der Waals surface area contributed by atoms with Crippen molar-refractivity contribution >= 4 is 17.8 Å². The number of esters is 1. The molecule has 5 saturated carbocycles. The van der Waals surface area contributed by atoms with Crippen LogP contribution in [0.1, 0.15) is 146 Å². The Hall–Kier alpha value is -1.89. The summed E-state index contributed by atoms with van der Waals surface area (Å²) in [5.41, 5.74) is 0.563. The fourth-order valence-electron chi connectivity index (χ4n) is 14.2. The predicted octanol–water partition coefficient (Wildman–Crippen LogP) is 9.08. The standard InChI is InChI=1S/C43H69NO6/c1-26(2)29-14-19-43(22-34(45)44-24-27(3)49-28(4)25-44)21-20-41(10)30(36(29)43)12-13-32-40(9)17-16-33(50-35(46)23-38(5,6)37(47)48)39(7,8)31(40)15-18-42(32,41)11/h27-33,36H,1,12-25H2,2-11H3,(H,47,48)/t27?,28?,29-,30+,31-,32+,33-,36+,40-,41+,42+,43+/m0/s1. The van der Waals surface area contributed by atoms with Crippen LogP contribution in [0, 0.1) is 62.1 Å². The van der Waals surface area contributed by atoms with Gasteiger partial charge in [0.05, 0.1) is 24.0 Å². The molecule has 282 valence electrons. The molecular weight excluding hydrogens is 626 g/mol. The smallest absolute Gasteiger partial charge is 0.309 e. The van der Waals surface area contributed by atoms with Gasteiger partial charge in [0.25, 0.3) is 0 Å². The zero-order valence-electron chi connectivity index (χ0n) is 33.2. The van der Waals surface area contributed by atoms with Crippen molar-refractivity contribution in [2.75, 3.05) is 13.1 Å². The van der Waals surface area contributed by atoms with Crippen molar-refractivity contribution < 1.29 is 29.0 Å². The van der Waals surface area contributed by atoms with Crippen molar-refractivity contribution in [1.29, 1.82) is 0 Å². The molecule has 6 fully saturated rings. The van der Waals surface area contributed by atoms with E-state index in [9.17, 15) is 19.5 Å². The van der Waals surface area contributed by atoms with Crippen LogP contribution in [0.5, 0.6) is 0 Å². The van der Waals surface area contributed by atoms with Crippen molar-refractivity contribution in [3.8, 4) is 0 Å². The van der Waals surface area contributed by atoms with E-state index in [0.29, 0.717) is 55.0 Å². The first-order chi connectivity index (χ1) is 23.1. The van der Waals surface area contributed by atoms with Crippen LogP contribution in [-0.4, -0.2) is 59.3 Å². The van der Waals surface area contributed by atoms with Crippen LogP contribution in [-0.2, 0) is 23.9 Å². The molecule has 0 radical (unpaired) electrons. The molecule has 7 nitrogen and oxygen atoms in total. The summed E-state index contributed by atoms with van der Waals surface area (Å²) in [6.07, 6.45) is 11.8. The monoisotopic (exact) mass is 696 g/mol. The highest BCUT2D eigenvalue weighted by atomic mass is 16.5. The van der Waals surface area contributed by atoms with Crippen LogP contribution < -0.4 is 0 Å². The summed E-state index contributed by atoms with van der Waals surface area (Å²) < 4.78 is 12.2. The highest BCUT2D eigenvalue weighted by Gasteiger charge is 2.71. The third-order valence-electron chi connectivity index (χ3n) is 16.9. The molecule has 0 spiro atoms. The average molecular weight is 696 g/mol. The zero-order chi connectivity index (χ0) is 36.8. The van der Waals surface area contributed by atoms with Crippen LogP contribution in [0.4, 0.5) is 0 Å². The predicted molar refractivity (Wildman–Crippen MR) is 196 cm³/mol. The number of morpholine rings is 1. The molecule has 1 N–H and O–H groups in total. The first-order valence-corrected chi connectivity index (χ1v) is 20.1. The summed E-state index contributed by atoms with van der Waals surface area (Å²) in [4.78, 5) is 41.1. The van der Waals surface area contributed by atoms with Gasteiger partial charge in [0.1, 0.15) is 6.10 Å². The van der Waals surface area contributed by atoms with Gasteiger partial charge in [-0.1, -0.05) is 46.8 Å². The second-order valence-corrected chi connectivity index (χ2v) is 20.5. The van der Waals surface area contributed by atoms with Gasteiger partial charge in [-0.3, -0.25) is 14.4 Å². The molecule has 5 aliphatic carbocycles. The van der Waals surface area contributed by atoms with Crippen molar-refractivity contribution in [1.82, 2.24) is 4.90 Å². The quantitative estimate of drug-likeness (QED) is 0.211. The SMILES string of the molecule is C=C(C)[C@@H]1CC[C@]2(CC(=O)N3CC(C)OC(C)C3)CC[C@]3(C)[C@H](CC[C@@H]4[C@@]5(C)CC[C@H](OC(=O)CC(C)(C)C(=O)O)C(C)(C)[C@@H]5CC[C@]43C)[C@@H]12. The van der Waals surface area contributed by atoms with E-state index in [-0.39, 0.29) is 51.8 Å². The van der Waals surface area contributed by atoms with E-state index < -0.39 is 17.4 Å². The van der Waals surface area contributed by atoms with Crippen LogP contribution in [0.3, 0.4) is 0 Å². The zero-order valence-corrected chi connectivity index (χ0v) is 33.2. The maximum absolute atomic E-state index is 14.1. The Bertz CT molecular complexity index is 1380. The Morgan fingerprint density at radius 3 is 2.14 bits per heavy atom. The fourth-order valence-corrected chi connectivity index (χ4v) is 14.2. The van der Waals surface area contributed by atoms with Gasteiger partial charge < -0.3 is 19.5 Å². The minimum absolute atomic E-state index is 0.0547.